The first-order valence-corrected chi connectivity index (χ1v) is 11.5. The molecular weight excluding hydrogens is 430 g/mol. The summed E-state index contributed by atoms with van der Waals surface area (Å²) in [6, 6.07) is 1.93. The molecule has 1 fully saturated rings. The largest absolute Gasteiger partial charge is 0.480 e. The first kappa shape index (κ1) is 19.5. The smallest absolute Gasteiger partial charge is 0.348 e. The van der Waals surface area contributed by atoms with Gasteiger partial charge in [0.1, 0.15) is 22.4 Å². The van der Waals surface area contributed by atoms with E-state index in [1.165, 1.54) is 4.88 Å². The number of rotatable bonds is 5. The van der Waals surface area contributed by atoms with Gasteiger partial charge in [0, 0.05) is 30.0 Å². The van der Waals surface area contributed by atoms with E-state index in [4.69, 9.17) is 14.1 Å². The number of hydrogen-bond acceptors (Lipinski definition) is 9. The van der Waals surface area contributed by atoms with Crippen LogP contribution in [0.3, 0.4) is 0 Å². The topological polar surface area (TPSA) is 113 Å². The number of aryl methyl sites for hydroxylation is 2. The van der Waals surface area contributed by atoms with Crippen LogP contribution in [-0.4, -0.2) is 36.6 Å². The van der Waals surface area contributed by atoms with Crippen LogP contribution in [-0.2, 0) is 19.9 Å². The van der Waals surface area contributed by atoms with E-state index in [9.17, 15) is 4.79 Å². The van der Waals surface area contributed by atoms with Crippen LogP contribution in [0.5, 0.6) is 5.88 Å². The molecule has 6 rings (SSSR count). The lowest BCUT2D eigenvalue weighted by Crippen LogP contribution is -2.19. The van der Waals surface area contributed by atoms with Gasteiger partial charge in [-0.25, -0.2) is 14.5 Å². The molecule has 2 aliphatic carbocycles. The van der Waals surface area contributed by atoms with Crippen molar-refractivity contribution in [2.24, 2.45) is 13.0 Å². The first-order valence-electron chi connectivity index (χ1n) is 10.7. The Morgan fingerprint density at radius 2 is 2.22 bits per heavy atom. The van der Waals surface area contributed by atoms with Crippen LogP contribution >= 0.6 is 11.3 Å². The minimum absolute atomic E-state index is 0.121. The number of thiophene rings is 1. The molecule has 0 aliphatic heterocycles. The van der Waals surface area contributed by atoms with Crippen molar-refractivity contribution < 1.29 is 9.15 Å². The molecule has 4 heterocycles. The molecule has 0 radical (unpaired) electrons. The number of methoxy groups -OCH3 is 1. The van der Waals surface area contributed by atoms with Gasteiger partial charge < -0.3 is 14.5 Å². The van der Waals surface area contributed by atoms with E-state index in [1.807, 2.05) is 11.6 Å². The van der Waals surface area contributed by atoms with E-state index in [0.29, 0.717) is 35.4 Å². The predicted octanol–water partition coefficient (Wildman–Crippen LogP) is 3.18. The molecule has 32 heavy (non-hydrogen) atoms. The summed E-state index contributed by atoms with van der Waals surface area (Å²) in [5.74, 6) is 3.32. The van der Waals surface area contributed by atoms with Gasteiger partial charge in [0.2, 0.25) is 17.7 Å². The quantitative estimate of drug-likeness (QED) is 0.490. The summed E-state index contributed by atoms with van der Waals surface area (Å²) >= 11 is 1.64. The highest BCUT2D eigenvalue weighted by Gasteiger charge is 2.39. The number of nitrogens with one attached hydrogen (secondary N) is 1. The highest BCUT2D eigenvalue weighted by Crippen LogP contribution is 2.47. The van der Waals surface area contributed by atoms with Crippen LogP contribution < -0.4 is 15.7 Å². The van der Waals surface area contributed by atoms with Crippen molar-refractivity contribution >= 4 is 33.3 Å². The Kier molecular flexibility index (Phi) is 4.36. The van der Waals surface area contributed by atoms with Crippen molar-refractivity contribution in [3.8, 4) is 5.88 Å². The number of nitrogens with zero attached hydrogens (tertiary/aromatic N) is 6. The number of anilines is 2. The van der Waals surface area contributed by atoms with Crippen molar-refractivity contribution in [3.63, 3.8) is 0 Å². The second-order valence-electron chi connectivity index (χ2n) is 8.62. The Bertz CT molecular complexity index is 1380. The number of fused-ring (bicyclic) bond motifs is 3. The summed E-state index contributed by atoms with van der Waals surface area (Å²) in [5, 5.41) is 16.6. The monoisotopic (exact) mass is 453 g/mol. The third-order valence-electron chi connectivity index (χ3n) is 6.53. The van der Waals surface area contributed by atoms with Gasteiger partial charge in [0.25, 0.3) is 0 Å². The maximum absolute atomic E-state index is 12.9. The van der Waals surface area contributed by atoms with Gasteiger partial charge in [-0.3, -0.25) is 4.57 Å². The van der Waals surface area contributed by atoms with Crippen molar-refractivity contribution in [3.05, 3.63) is 39.1 Å². The molecule has 4 aromatic heterocycles. The average molecular weight is 454 g/mol. The lowest BCUT2D eigenvalue weighted by atomic mass is 9.92. The molecule has 0 amide bonds. The highest BCUT2D eigenvalue weighted by atomic mass is 32.1. The summed E-state index contributed by atoms with van der Waals surface area (Å²) < 4.78 is 14.6. The molecule has 0 unspecified atom stereocenters. The SMILES string of the molecule is COc1cc(Nc2nncn2[C@H]2CCc3sc4nc([C@H]5C[C@@H]5C)oc(=O)c4c3C2)n(C)n1. The van der Waals surface area contributed by atoms with Gasteiger partial charge in [-0.2, -0.15) is 0 Å². The third kappa shape index (κ3) is 3.10. The second kappa shape index (κ2) is 7.16. The van der Waals surface area contributed by atoms with Gasteiger partial charge in [0.15, 0.2) is 0 Å². The standard InChI is InChI=1S/C21H23N7O3S/c1-10-6-12(10)18-24-19-17(20(29)31-18)13-7-11(4-5-14(13)32-19)28-9-22-25-21(28)23-15-8-16(30-3)26-27(15)2/h8-12H,4-7H2,1-3H3,(H,23,25)/t10-,11-,12-/m0/s1. The number of hydrogen-bond donors (Lipinski definition) is 1. The van der Waals surface area contributed by atoms with Crippen LogP contribution in [0, 0.1) is 5.92 Å². The molecule has 0 aromatic carbocycles. The maximum atomic E-state index is 12.9. The summed E-state index contributed by atoms with van der Waals surface area (Å²) in [6.45, 7) is 2.16. The Hall–Kier alpha value is -3.21. The lowest BCUT2D eigenvalue weighted by molar-refractivity contribution is 0.392. The molecule has 166 valence electrons. The minimum atomic E-state index is -0.258. The van der Waals surface area contributed by atoms with Crippen LogP contribution in [0.1, 0.15) is 48.1 Å². The van der Waals surface area contributed by atoms with Gasteiger partial charge in [-0.05, 0) is 37.2 Å². The van der Waals surface area contributed by atoms with Crippen molar-refractivity contribution in [2.45, 2.75) is 44.6 Å². The van der Waals surface area contributed by atoms with E-state index in [-0.39, 0.29) is 17.6 Å². The lowest BCUT2D eigenvalue weighted by Gasteiger charge is -2.24. The molecule has 11 heteroatoms. The van der Waals surface area contributed by atoms with Crippen molar-refractivity contribution in [1.82, 2.24) is 29.5 Å². The molecule has 3 atom stereocenters. The fraction of sp³-hybridized carbons (Fsp3) is 0.476. The van der Waals surface area contributed by atoms with Gasteiger partial charge in [0.05, 0.1) is 7.11 Å². The fourth-order valence-electron chi connectivity index (χ4n) is 4.54. The van der Waals surface area contributed by atoms with Crippen LogP contribution in [0.25, 0.3) is 10.2 Å². The van der Waals surface area contributed by atoms with Gasteiger partial charge in [-0.1, -0.05) is 6.92 Å². The minimum Gasteiger partial charge on any atom is -0.480 e. The Morgan fingerprint density at radius 1 is 1.38 bits per heavy atom. The Labute approximate surface area is 187 Å². The third-order valence-corrected chi connectivity index (χ3v) is 7.71. The van der Waals surface area contributed by atoms with Crippen LogP contribution in [0.4, 0.5) is 11.8 Å². The molecule has 10 nitrogen and oxygen atoms in total. The Morgan fingerprint density at radius 3 is 2.97 bits per heavy atom. The Balaban J connectivity index is 1.31. The van der Waals surface area contributed by atoms with Gasteiger partial charge >= 0.3 is 5.63 Å². The zero-order valence-corrected chi connectivity index (χ0v) is 18.8. The highest BCUT2D eigenvalue weighted by molar-refractivity contribution is 7.18. The summed E-state index contributed by atoms with van der Waals surface area (Å²) in [6.07, 6.45) is 5.29. The molecule has 0 saturated heterocycles. The molecule has 0 spiro atoms. The van der Waals surface area contributed by atoms with Gasteiger partial charge in [-0.15, -0.1) is 26.6 Å². The van der Waals surface area contributed by atoms with E-state index in [1.54, 1.807) is 35.5 Å². The zero-order valence-electron chi connectivity index (χ0n) is 18.0. The molecule has 1 saturated carbocycles. The van der Waals surface area contributed by atoms with Crippen molar-refractivity contribution in [1.29, 1.82) is 0 Å². The molecule has 2 aliphatic rings. The second-order valence-corrected chi connectivity index (χ2v) is 9.71. The number of ether oxygens (including phenoxy) is 1. The molecule has 4 aromatic rings. The van der Waals surface area contributed by atoms with E-state index < -0.39 is 0 Å². The molecular formula is C21H23N7O3S. The van der Waals surface area contributed by atoms with Crippen LogP contribution in [0.2, 0.25) is 0 Å². The maximum Gasteiger partial charge on any atom is 0.348 e. The fourth-order valence-corrected chi connectivity index (χ4v) is 5.75. The number of aromatic nitrogens is 6. The summed E-state index contributed by atoms with van der Waals surface area (Å²) in [4.78, 5) is 19.6. The summed E-state index contributed by atoms with van der Waals surface area (Å²) in [7, 11) is 3.41. The van der Waals surface area contributed by atoms with Crippen LogP contribution in [0.15, 0.2) is 21.6 Å². The molecule has 1 N–H and O–H groups in total. The normalized spacial score (nSPS) is 22.2. The predicted molar refractivity (Wildman–Crippen MR) is 119 cm³/mol. The molecule has 0 bridgehead atoms. The van der Waals surface area contributed by atoms with E-state index in [2.05, 4.69) is 27.5 Å². The first-order chi connectivity index (χ1) is 15.5. The van der Waals surface area contributed by atoms with Crippen molar-refractivity contribution in [2.75, 3.05) is 12.4 Å². The zero-order chi connectivity index (χ0) is 22.0. The summed E-state index contributed by atoms with van der Waals surface area (Å²) in [5.41, 5.74) is 0.797. The average Bonchev–Trinajstić information content (AvgIpc) is 3.10. The van der Waals surface area contributed by atoms with E-state index >= 15 is 0 Å². The van der Waals surface area contributed by atoms with E-state index in [0.717, 1.165) is 35.5 Å².